The van der Waals surface area contributed by atoms with Crippen LogP contribution in [0.1, 0.15) is 23.5 Å². The first-order valence-electron chi connectivity index (χ1n) is 7.19. The molecule has 1 aromatic rings. The van der Waals surface area contributed by atoms with Crippen LogP contribution in [0.4, 0.5) is 5.69 Å². The molecule has 2 atom stereocenters. The van der Waals surface area contributed by atoms with Crippen LogP contribution in [0.3, 0.4) is 0 Å². The summed E-state index contributed by atoms with van der Waals surface area (Å²) in [5.41, 5.74) is 10.5. The summed E-state index contributed by atoms with van der Waals surface area (Å²) in [7, 11) is 0. The molecular formula is C15H21N3. The van der Waals surface area contributed by atoms with Gasteiger partial charge in [-0.25, -0.2) is 0 Å². The number of piperidine rings is 1. The lowest BCUT2D eigenvalue weighted by Crippen LogP contribution is -2.47. The summed E-state index contributed by atoms with van der Waals surface area (Å²) in [5.74, 6) is 0.723. The molecule has 1 fully saturated rings. The fourth-order valence-electron chi connectivity index (χ4n) is 4.22. The highest BCUT2D eigenvalue weighted by molar-refractivity contribution is 5.70. The van der Waals surface area contributed by atoms with Crippen molar-refractivity contribution in [2.75, 3.05) is 37.6 Å². The summed E-state index contributed by atoms with van der Waals surface area (Å²) in [4.78, 5) is 5.23. The maximum Gasteiger partial charge on any atom is 0.0438 e. The molecule has 18 heavy (non-hydrogen) atoms. The van der Waals surface area contributed by atoms with Crippen LogP contribution >= 0.6 is 0 Å². The van der Waals surface area contributed by atoms with Crippen LogP contribution in [-0.4, -0.2) is 43.7 Å². The van der Waals surface area contributed by atoms with Gasteiger partial charge in [0.1, 0.15) is 0 Å². The van der Waals surface area contributed by atoms with Gasteiger partial charge in [0.05, 0.1) is 0 Å². The van der Waals surface area contributed by atoms with Crippen molar-refractivity contribution < 1.29 is 0 Å². The minimum absolute atomic E-state index is 0.723. The number of nitrogens with two attached hydrogens (primary N) is 1. The standard InChI is InChI=1S/C15H21N3/c16-6-9-17-7-5-14-13(10-17)12-3-1-2-11-4-8-18(14)15(11)12/h1-3,13-14H,4-10,16H2/t13-,14-/m0/s1. The number of rotatable bonds is 2. The van der Waals surface area contributed by atoms with Crippen molar-refractivity contribution in [2.45, 2.75) is 24.8 Å². The van der Waals surface area contributed by atoms with Crippen molar-refractivity contribution in [1.82, 2.24) is 4.90 Å². The lowest BCUT2D eigenvalue weighted by atomic mass is 9.88. The average molecular weight is 243 g/mol. The summed E-state index contributed by atoms with van der Waals surface area (Å²) < 4.78 is 0. The Balaban J connectivity index is 1.70. The third-order valence-corrected chi connectivity index (χ3v) is 4.97. The molecule has 0 spiro atoms. The van der Waals surface area contributed by atoms with Gasteiger partial charge in [-0.1, -0.05) is 18.2 Å². The van der Waals surface area contributed by atoms with E-state index >= 15 is 0 Å². The number of hydrogen-bond acceptors (Lipinski definition) is 3. The van der Waals surface area contributed by atoms with E-state index in [1.165, 1.54) is 32.5 Å². The highest BCUT2D eigenvalue weighted by Gasteiger charge is 2.44. The third-order valence-electron chi connectivity index (χ3n) is 4.97. The molecule has 0 radical (unpaired) electrons. The van der Waals surface area contributed by atoms with Crippen molar-refractivity contribution in [3.8, 4) is 0 Å². The van der Waals surface area contributed by atoms with Crippen LogP contribution in [-0.2, 0) is 6.42 Å². The van der Waals surface area contributed by atoms with E-state index in [1.54, 1.807) is 16.8 Å². The number of benzene rings is 1. The highest BCUT2D eigenvalue weighted by Crippen LogP contribution is 2.48. The Morgan fingerprint density at radius 2 is 2.22 bits per heavy atom. The summed E-state index contributed by atoms with van der Waals surface area (Å²) >= 11 is 0. The number of nitrogens with zero attached hydrogens (tertiary/aromatic N) is 2. The van der Waals surface area contributed by atoms with Crippen molar-refractivity contribution >= 4 is 5.69 Å². The van der Waals surface area contributed by atoms with E-state index in [0.29, 0.717) is 0 Å². The molecule has 0 aromatic heterocycles. The predicted octanol–water partition coefficient (Wildman–Crippen LogP) is 1.18. The zero-order valence-electron chi connectivity index (χ0n) is 10.8. The Hall–Kier alpha value is -1.06. The van der Waals surface area contributed by atoms with Gasteiger partial charge < -0.3 is 15.5 Å². The SMILES string of the molecule is NCCN1CC[C@H]2[C@@H](C1)c1cccc3c1N2CC3. The normalized spacial score (nSPS) is 29.5. The zero-order chi connectivity index (χ0) is 12.1. The molecule has 0 aliphatic carbocycles. The predicted molar refractivity (Wildman–Crippen MR) is 74.1 cm³/mol. The molecule has 3 aliphatic heterocycles. The topological polar surface area (TPSA) is 32.5 Å². The van der Waals surface area contributed by atoms with Crippen LogP contribution in [0.2, 0.25) is 0 Å². The number of likely N-dealkylation sites (tertiary alicyclic amines) is 1. The van der Waals surface area contributed by atoms with E-state index in [9.17, 15) is 0 Å². The Labute approximate surface area is 109 Å². The van der Waals surface area contributed by atoms with Gasteiger partial charge >= 0.3 is 0 Å². The molecule has 2 N–H and O–H groups in total. The van der Waals surface area contributed by atoms with E-state index in [0.717, 1.165) is 25.0 Å². The van der Waals surface area contributed by atoms with Crippen molar-refractivity contribution in [3.63, 3.8) is 0 Å². The molecule has 3 heterocycles. The lowest BCUT2D eigenvalue weighted by molar-refractivity contribution is 0.198. The Morgan fingerprint density at radius 1 is 1.28 bits per heavy atom. The molecule has 0 saturated carbocycles. The zero-order valence-corrected chi connectivity index (χ0v) is 10.8. The van der Waals surface area contributed by atoms with E-state index in [1.807, 2.05) is 0 Å². The highest BCUT2D eigenvalue weighted by atomic mass is 15.3. The second kappa shape index (κ2) is 3.97. The van der Waals surface area contributed by atoms with Gasteiger partial charge in [-0.3, -0.25) is 0 Å². The number of fused-ring (bicyclic) bond motifs is 3. The Bertz CT molecular complexity index is 471. The fraction of sp³-hybridized carbons (Fsp3) is 0.600. The van der Waals surface area contributed by atoms with Crippen LogP contribution in [0.5, 0.6) is 0 Å². The van der Waals surface area contributed by atoms with Gasteiger partial charge in [-0.15, -0.1) is 0 Å². The molecule has 0 amide bonds. The largest absolute Gasteiger partial charge is 0.367 e. The minimum Gasteiger partial charge on any atom is -0.367 e. The van der Waals surface area contributed by atoms with Gasteiger partial charge in [0, 0.05) is 50.4 Å². The second-order valence-electron chi connectivity index (χ2n) is 5.85. The quantitative estimate of drug-likeness (QED) is 0.846. The summed E-state index contributed by atoms with van der Waals surface area (Å²) in [5, 5.41) is 0. The maximum absolute atomic E-state index is 5.70. The number of para-hydroxylation sites is 1. The minimum atomic E-state index is 0.723. The lowest BCUT2D eigenvalue weighted by Gasteiger charge is -2.38. The molecule has 1 aromatic carbocycles. The van der Waals surface area contributed by atoms with Crippen LogP contribution in [0.15, 0.2) is 18.2 Å². The van der Waals surface area contributed by atoms with Gasteiger partial charge in [-0.2, -0.15) is 0 Å². The monoisotopic (exact) mass is 243 g/mol. The molecular weight excluding hydrogens is 222 g/mol. The Kier molecular flexibility index (Phi) is 2.39. The van der Waals surface area contributed by atoms with Gasteiger partial charge in [0.15, 0.2) is 0 Å². The molecule has 4 rings (SSSR count). The third kappa shape index (κ3) is 1.38. The van der Waals surface area contributed by atoms with Gasteiger partial charge in [-0.05, 0) is 24.0 Å². The van der Waals surface area contributed by atoms with Crippen molar-refractivity contribution in [2.24, 2.45) is 5.73 Å². The van der Waals surface area contributed by atoms with Crippen molar-refractivity contribution in [3.05, 3.63) is 29.3 Å². The molecule has 3 heteroatoms. The van der Waals surface area contributed by atoms with Crippen molar-refractivity contribution in [1.29, 1.82) is 0 Å². The van der Waals surface area contributed by atoms with E-state index in [2.05, 4.69) is 28.0 Å². The first kappa shape index (κ1) is 10.8. The molecule has 0 bridgehead atoms. The van der Waals surface area contributed by atoms with E-state index in [-0.39, 0.29) is 0 Å². The first-order chi connectivity index (χ1) is 8.88. The molecule has 3 aliphatic rings. The molecule has 1 saturated heterocycles. The maximum atomic E-state index is 5.70. The van der Waals surface area contributed by atoms with E-state index in [4.69, 9.17) is 5.73 Å². The number of anilines is 1. The molecule has 0 unspecified atom stereocenters. The van der Waals surface area contributed by atoms with Crippen LogP contribution in [0.25, 0.3) is 0 Å². The fourth-order valence-corrected chi connectivity index (χ4v) is 4.22. The Morgan fingerprint density at radius 3 is 3.11 bits per heavy atom. The molecule has 96 valence electrons. The van der Waals surface area contributed by atoms with Gasteiger partial charge in [0.2, 0.25) is 0 Å². The first-order valence-corrected chi connectivity index (χ1v) is 7.19. The smallest absolute Gasteiger partial charge is 0.0438 e. The molecule has 3 nitrogen and oxygen atoms in total. The summed E-state index contributed by atoms with van der Waals surface area (Å²) in [6.07, 6.45) is 2.55. The summed E-state index contributed by atoms with van der Waals surface area (Å²) in [6, 6.07) is 7.68. The number of hydrogen-bond donors (Lipinski definition) is 1. The summed E-state index contributed by atoms with van der Waals surface area (Å²) in [6.45, 7) is 5.50. The van der Waals surface area contributed by atoms with E-state index < -0.39 is 0 Å². The average Bonchev–Trinajstić information content (AvgIpc) is 2.95. The second-order valence-corrected chi connectivity index (χ2v) is 5.85. The van der Waals surface area contributed by atoms with Crippen LogP contribution in [0, 0.1) is 0 Å². The van der Waals surface area contributed by atoms with Crippen LogP contribution < -0.4 is 10.6 Å². The van der Waals surface area contributed by atoms with Gasteiger partial charge in [0.25, 0.3) is 0 Å².